The topological polar surface area (TPSA) is 46.9 Å². The number of aromatic nitrogens is 2. The van der Waals surface area contributed by atoms with Crippen molar-refractivity contribution in [3.05, 3.63) is 82.9 Å². The van der Waals surface area contributed by atoms with Crippen molar-refractivity contribution in [3.63, 3.8) is 0 Å². The molecule has 1 N–H and O–H groups in total. The summed E-state index contributed by atoms with van der Waals surface area (Å²) < 4.78 is 15.5. The van der Waals surface area contributed by atoms with Crippen molar-refractivity contribution in [3.8, 4) is 5.69 Å². The molecule has 116 valence electrons. The fourth-order valence-electron chi connectivity index (χ4n) is 2.27. The average Bonchev–Trinajstić information content (AvgIpc) is 3.07. The molecule has 0 atom stereocenters. The van der Waals surface area contributed by atoms with E-state index in [1.54, 1.807) is 10.9 Å². The lowest BCUT2D eigenvalue weighted by atomic mass is 10.1. The summed E-state index contributed by atoms with van der Waals surface area (Å²) in [6.45, 7) is 0.236. The Morgan fingerprint density at radius 3 is 2.74 bits per heavy atom. The van der Waals surface area contributed by atoms with Gasteiger partial charge in [0.25, 0.3) is 5.91 Å². The van der Waals surface area contributed by atoms with E-state index in [1.165, 1.54) is 18.2 Å². The summed E-state index contributed by atoms with van der Waals surface area (Å²) in [5.74, 6) is -1.20. The molecule has 4 nitrogen and oxygen atoms in total. The third-order valence-electron chi connectivity index (χ3n) is 3.37. The van der Waals surface area contributed by atoms with Crippen LogP contribution in [0.5, 0.6) is 0 Å². The van der Waals surface area contributed by atoms with Crippen LogP contribution in [0.4, 0.5) is 4.39 Å². The van der Waals surface area contributed by atoms with Crippen LogP contribution in [0.1, 0.15) is 15.9 Å². The van der Waals surface area contributed by atoms with Crippen LogP contribution in [-0.4, -0.2) is 15.7 Å². The van der Waals surface area contributed by atoms with Gasteiger partial charge in [-0.15, -0.1) is 0 Å². The number of carbonyl (C=O) groups is 1. The third kappa shape index (κ3) is 3.24. The van der Waals surface area contributed by atoms with Gasteiger partial charge in [-0.3, -0.25) is 4.79 Å². The predicted octanol–water partition coefficient (Wildman–Crippen LogP) is 3.59. The summed E-state index contributed by atoms with van der Waals surface area (Å²) in [4.78, 5) is 12.2. The number of hydrogen-bond donors (Lipinski definition) is 1. The molecule has 6 heteroatoms. The quantitative estimate of drug-likeness (QED) is 0.795. The molecule has 3 aromatic rings. The minimum absolute atomic E-state index is 0.0860. The Bertz CT molecular complexity index is 813. The summed E-state index contributed by atoms with van der Waals surface area (Å²) in [5, 5.41) is 6.96. The molecular weight excluding hydrogens is 317 g/mol. The highest BCUT2D eigenvalue weighted by Crippen LogP contribution is 2.19. The minimum Gasteiger partial charge on any atom is -0.348 e. The Morgan fingerprint density at radius 2 is 2.00 bits per heavy atom. The molecule has 1 aromatic heterocycles. The number of nitrogens with zero attached hydrogens (tertiary/aromatic N) is 2. The maximum absolute atomic E-state index is 13.8. The molecule has 0 saturated heterocycles. The Balaban J connectivity index is 1.81. The zero-order valence-electron chi connectivity index (χ0n) is 12.0. The number of hydrogen-bond acceptors (Lipinski definition) is 2. The second-order valence-electron chi connectivity index (χ2n) is 4.86. The van der Waals surface area contributed by atoms with Gasteiger partial charge in [0.15, 0.2) is 0 Å². The number of halogens is 2. The smallest absolute Gasteiger partial charge is 0.256 e. The zero-order chi connectivity index (χ0) is 16.2. The van der Waals surface area contributed by atoms with E-state index in [1.807, 2.05) is 36.5 Å². The van der Waals surface area contributed by atoms with Crippen molar-refractivity contribution in [2.45, 2.75) is 6.54 Å². The summed E-state index contributed by atoms with van der Waals surface area (Å²) in [7, 11) is 0. The van der Waals surface area contributed by atoms with Gasteiger partial charge >= 0.3 is 0 Å². The number of para-hydroxylation sites is 1. The predicted molar refractivity (Wildman–Crippen MR) is 86.1 cm³/mol. The highest BCUT2D eigenvalue weighted by atomic mass is 35.5. The normalized spacial score (nSPS) is 10.5. The van der Waals surface area contributed by atoms with E-state index in [0.29, 0.717) is 0 Å². The minimum atomic E-state index is -0.643. The Hall–Kier alpha value is -2.66. The molecule has 0 fully saturated rings. The van der Waals surface area contributed by atoms with Crippen molar-refractivity contribution in [2.75, 3.05) is 0 Å². The van der Waals surface area contributed by atoms with Crippen molar-refractivity contribution in [2.24, 2.45) is 0 Å². The summed E-state index contributed by atoms with van der Waals surface area (Å²) in [6, 6.07) is 13.5. The van der Waals surface area contributed by atoms with Crippen LogP contribution < -0.4 is 5.32 Å². The average molecular weight is 330 g/mol. The summed E-state index contributed by atoms with van der Waals surface area (Å²) in [5.41, 5.74) is 1.56. The molecule has 0 aliphatic rings. The van der Waals surface area contributed by atoms with Crippen molar-refractivity contribution < 1.29 is 9.18 Å². The first-order chi connectivity index (χ1) is 11.2. The number of rotatable bonds is 4. The van der Waals surface area contributed by atoms with Crippen LogP contribution in [0.15, 0.2) is 60.9 Å². The molecule has 23 heavy (non-hydrogen) atoms. The standard InChI is InChI=1S/C17H13ClFN3O/c18-13-6-3-7-14(19)16(13)17(23)20-11-12-5-1-2-8-15(12)22-10-4-9-21-22/h1-10H,11H2,(H,20,23). The first kappa shape index (κ1) is 15.2. The largest absolute Gasteiger partial charge is 0.348 e. The SMILES string of the molecule is O=C(NCc1ccccc1-n1cccn1)c1c(F)cccc1Cl. The van der Waals surface area contributed by atoms with E-state index in [0.717, 1.165) is 11.3 Å². The van der Waals surface area contributed by atoms with Crippen LogP contribution in [0.2, 0.25) is 5.02 Å². The van der Waals surface area contributed by atoms with Crippen LogP contribution in [0.25, 0.3) is 5.69 Å². The third-order valence-corrected chi connectivity index (χ3v) is 3.69. The number of nitrogens with one attached hydrogen (secondary N) is 1. The van der Waals surface area contributed by atoms with Gasteiger partial charge in [-0.2, -0.15) is 5.10 Å². The lowest BCUT2D eigenvalue weighted by Crippen LogP contribution is -2.25. The van der Waals surface area contributed by atoms with Crippen molar-refractivity contribution in [1.82, 2.24) is 15.1 Å². The first-order valence-corrected chi connectivity index (χ1v) is 7.35. The van der Waals surface area contributed by atoms with Crippen molar-refractivity contribution >= 4 is 17.5 Å². The first-order valence-electron chi connectivity index (χ1n) is 6.97. The van der Waals surface area contributed by atoms with Crippen LogP contribution >= 0.6 is 11.6 Å². The monoisotopic (exact) mass is 329 g/mol. The molecule has 2 aromatic carbocycles. The van der Waals surface area contributed by atoms with Gasteiger partial charge in [-0.05, 0) is 29.8 Å². The lowest BCUT2D eigenvalue weighted by molar-refractivity contribution is 0.0947. The van der Waals surface area contributed by atoms with Gasteiger partial charge in [0, 0.05) is 18.9 Å². The fraction of sp³-hybridized carbons (Fsp3) is 0.0588. The highest BCUT2D eigenvalue weighted by molar-refractivity contribution is 6.33. The van der Waals surface area contributed by atoms with Crippen LogP contribution in [0.3, 0.4) is 0 Å². The van der Waals surface area contributed by atoms with E-state index in [-0.39, 0.29) is 17.1 Å². The molecule has 0 aliphatic carbocycles. The molecule has 3 rings (SSSR count). The Kier molecular flexibility index (Phi) is 4.39. The molecule has 0 aliphatic heterocycles. The molecule has 0 saturated carbocycles. The molecule has 0 spiro atoms. The molecule has 0 unspecified atom stereocenters. The lowest BCUT2D eigenvalue weighted by Gasteiger charge is -2.11. The van der Waals surface area contributed by atoms with E-state index < -0.39 is 11.7 Å². The number of benzene rings is 2. The molecule has 1 heterocycles. The van der Waals surface area contributed by atoms with E-state index in [2.05, 4.69) is 10.4 Å². The maximum Gasteiger partial charge on any atom is 0.256 e. The molecule has 0 radical (unpaired) electrons. The second kappa shape index (κ2) is 6.62. The zero-order valence-corrected chi connectivity index (χ0v) is 12.8. The van der Waals surface area contributed by atoms with Gasteiger partial charge in [-0.25, -0.2) is 9.07 Å². The Labute approximate surface area is 137 Å². The van der Waals surface area contributed by atoms with Gasteiger partial charge in [0.2, 0.25) is 0 Å². The van der Waals surface area contributed by atoms with E-state index in [4.69, 9.17) is 11.6 Å². The van der Waals surface area contributed by atoms with Crippen molar-refractivity contribution in [1.29, 1.82) is 0 Å². The highest BCUT2D eigenvalue weighted by Gasteiger charge is 2.16. The molecule has 1 amide bonds. The van der Waals surface area contributed by atoms with Gasteiger partial charge in [0.1, 0.15) is 5.82 Å². The van der Waals surface area contributed by atoms with Gasteiger partial charge < -0.3 is 5.32 Å². The fourth-order valence-corrected chi connectivity index (χ4v) is 2.52. The summed E-state index contributed by atoms with van der Waals surface area (Å²) >= 11 is 5.90. The Morgan fingerprint density at radius 1 is 1.17 bits per heavy atom. The number of carbonyl (C=O) groups excluding carboxylic acids is 1. The maximum atomic E-state index is 13.8. The van der Waals surface area contributed by atoms with Gasteiger partial charge in [0.05, 0.1) is 16.3 Å². The molecule has 0 bridgehead atoms. The van der Waals surface area contributed by atoms with E-state index in [9.17, 15) is 9.18 Å². The molecular formula is C17H13ClFN3O. The van der Waals surface area contributed by atoms with Crippen LogP contribution in [-0.2, 0) is 6.54 Å². The second-order valence-corrected chi connectivity index (χ2v) is 5.27. The van der Waals surface area contributed by atoms with E-state index >= 15 is 0 Å². The number of amides is 1. The van der Waals surface area contributed by atoms with Crippen LogP contribution in [0, 0.1) is 5.82 Å². The summed E-state index contributed by atoms with van der Waals surface area (Å²) in [6.07, 6.45) is 3.49. The van der Waals surface area contributed by atoms with Gasteiger partial charge in [-0.1, -0.05) is 35.9 Å².